The number of hydrogen-bond donors (Lipinski definition) is 0. The van der Waals surface area contributed by atoms with Crippen LogP contribution in [0.4, 0.5) is 0 Å². The van der Waals surface area contributed by atoms with E-state index in [0.717, 1.165) is 35.5 Å². The Morgan fingerprint density at radius 3 is 0.714 bits per heavy atom. The van der Waals surface area contributed by atoms with Crippen LogP contribution in [-0.4, -0.2) is 0 Å². The minimum atomic E-state index is 0.979. The molecule has 164 valence electrons. The molecule has 0 spiro atoms. The van der Waals surface area contributed by atoms with Gasteiger partial charge in [-0.15, -0.1) is 0 Å². The summed E-state index contributed by atoms with van der Waals surface area (Å²) in [6, 6.07) is 0. The molecule has 0 aromatic heterocycles. The molecule has 0 aromatic carbocycles. The maximum Gasteiger partial charge on any atom is -0.0414 e. The molecule has 6 aliphatic rings. The van der Waals surface area contributed by atoms with Crippen molar-refractivity contribution in [1.82, 2.24) is 0 Å². The first-order valence-electron chi connectivity index (χ1n) is 13.7. The van der Waals surface area contributed by atoms with Gasteiger partial charge >= 0.3 is 0 Å². The third kappa shape index (κ3) is 8.39. The predicted molar refractivity (Wildman–Crippen MR) is 125 cm³/mol. The summed E-state index contributed by atoms with van der Waals surface area (Å²) in [7, 11) is 0. The highest BCUT2D eigenvalue weighted by Gasteiger charge is 2.23. The Balaban J connectivity index is 1.43. The number of rotatable bonds is 0. The second-order valence-electron chi connectivity index (χ2n) is 11.7. The van der Waals surface area contributed by atoms with E-state index in [1.165, 1.54) is 77.0 Å². The van der Waals surface area contributed by atoms with Gasteiger partial charge in [0.15, 0.2) is 0 Å². The van der Waals surface area contributed by atoms with E-state index in [9.17, 15) is 0 Å². The molecule has 6 aliphatic carbocycles. The second-order valence-corrected chi connectivity index (χ2v) is 11.7. The average molecular weight is 389 g/mol. The fourth-order valence-electron chi connectivity index (χ4n) is 6.93. The molecule has 0 N–H and O–H groups in total. The summed E-state index contributed by atoms with van der Waals surface area (Å²) < 4.78 is 0. The fraction of sp³-hybridized carbons (Fsp3) is 1.00. The van der Waals surface area contributed by atoms with E-state index in [1.54, 1.807) is 51.4 Å². The topological polar surface area (TPSA) is 0 Å². The van der Waals surface area contributed by atoms with Crippen LogP contribution in [0.25, 0.3) is 0 Å². The van der Waals surface area contributed by atoms with E-state index in [1.807, 2.05) is 0 Å². The van der Waals surface area contributed by atoms with Gasteiger partial charge in [-0.05, 0) is 35.5 Å². The first-order valence-corrected chi connectivity index (χ1v) is 13.7. The smallest absolute Gasteiger partial charge is 0.0414 e. The van der Waals surface area contributed by atoms with E-state index in [2.05, 4.69) is 13.8 Å². The summed E-state index contributed by atoms with van der Waals surface area (Å²) in [5.74, 6) is 6.27. The van der Waals surface area contributed by atoms with Crippen molar-refractivity contribution >= 4 is 0 Å². The molecule has 4 bridgehead atoms. The largest absolute Gasteiger partial charge is 0.0625 e. The molecule has 28 heavy (non-hydrogen) atoms. The molecule has 0 heterocycles. The van der Waals surface area contributed by atoms with Crippen LogP contribution in [0.2, 0.25) is 0 Å². The van der Waals surface area contributed by atoms with Gasteiger partial charge in [-0.1, -0.05) is 142 Å². The summed E-state index contributed by atoms with van der Waals surface area (Å²) in [4.78, 5) is 0. The van der Waals surface area contributed by atoms with Crippen LogP contribution in [0.15, 0.2) is 0 Å². The van der Waals surface area contributed by atoms with E-state index < -0.39 is 0 Å². The summed E-state index contributed by atoms with van der Waals surface area (Å²) in [5.41, 5.74) is 0. The van der Waals surface area contributed by atoms with Crippen LogP contribution in [0.3, 0.4) is 0 Å². The lowest BCUT2D eigenvalue weighted by atomic mass is 9.76. The molecule has 0 saturated heterocycles. The number of hydrogen-bond acceptors (Lipinski definition) is 0. The zero-order valence-electron chi connectivity index (χ0n) is 19.6. The van der Waals surface area contributed by atoms with Crippen LogP contribution in [0.5, 0.6) is 0 Å². The van der Waals surface area contributed by atoms with Crippen molar-refractivity contribution < 1.29 is 0 Å². The zero-order chi connectivity index (χ0) is 19.6. The summed E-state index contributed by atoms with van der Waals surface area (Å²) in [6.07, 6.45) is 30.7. The molecule has 6 saturated carbocycles. The fourth-order valence-corrected chi connectivity index (χ4v) is 6.93. The van der Waals surface area contributed by atoms with Crippen molar-refractivity contribution in [2.24, 2.45) is 35.5 Å². The van der Waals surface area contributed by atoms with Gasteiger partial charge in [0, 0.05) is 0 Å². The van der Waals surface area contributed by atoms with Gasteiger partial charge in [0.25, 0.3) is 0 Å². The minimum Gasteiger partial charge on any atom is -0.0625 e. The molecule has 0 radical (unpaired) electrons. The third-order valence-corrected chi connectivity index (χ3v) is 9.17. The first-order chi connectivity index (χ1) is 13.7. The lowest BCUT2D eigenvalue weighted by molar-refractivity contribution is 0.228. The molecule has 0 amide bonds. The minimum absolute atomic E-state index is 0.979. The van der Waals surface area contributed by atoms with Crippen LogP contribution in [-0.2, 0) is 0 Å². The third-order valence-electron chi connectivity index (χ3n) is 9.17. The Labute approximate surface area is 178 Å². The van der Waals surface area contributed by atoms with Gasteiger partial charge in [0.1, 0.15) is 0 Å². The molecule has 0 aliphatic heterocycles. The molecule has 0 nitrogen and oxygen atoms in total. The Morgan fingerprint density at radius 2 is 0.500 bits per heavy atom. The monoisotopic (exact) mass is 388 g/mol. The van der Waals surface area contributed by atoms with Crippen molar-refractivity contribution in [2.45, 2.75) is 142 Å². The van der Waals surface area contributed by atoms with E-state index in [-0.39, 0.29) is 0 Å². The summed E-state index contributed by atoms with van der Waals surface area (Å²) in [6.45, 7) is 5.07. The van der Waals surface area contributed by atoms with E-state index >= 15 is 0 Å². The standard InChI is InChI=1S/C28H52/c1-23-7-3-11-25-15-19-27(20-16-25)13-5-9-24(2)10-6-14-28-21-17-26(18-22-28)12-4-8-23/h23-28H,3-22H2,1-2H3. The van der Waals surface area contributed by atoms with E-state index in [0.29, 0.717) is 0 Å². The van der Waals surface area contributed by atoms with Crippen molar-refractivity contribution in [1.29, 1.82) is 0 Å². The van der Waals surface area contributed by atoms with Crippen LogP contribution < -0.4 is 0 Å². The molecule has 0 heteroatoms. The zero-order valence-corrected chi connectivity index (χ0v) is 19.6. The highest BCUT2D eigenvalue weighted by molar-refractivity contribution is 4.75. The molecule has 0 aromatic rings. The maximum absolute atomic E-state index is 2.53. The van der Waals surface area contributed by atoms with Crippen molar-refractivity contribution in [3.63, 3.8) is 0 Å². The maximum atomic E-state index is 2.53. The quantitative estimate of drug-likeness (QED) is 0.387. The molecular weight excluding hydrogens is 336 g/mol. The SMILES string of the molecule is CC1CCCC2CCC(CCCC(C)CCCC3CCC(CCC1)CC3)CC2. The molecule has 6 rings (SSSR count). The molecule has 0 atom stereocenters. The average Bonchev–Trinajstić information content (AvgIpc) is 2.70. The van der Waals surface area contributed by atoms with Crippen molar-refractivity contribution in [3.8, 4) is 0 Å². The predicted octanol–water partition coefficient (Wildman–Crippen LogP) is 9.57. The Morgan fingerprint density at radius 1 is 0.286 bits per heavy atom. The lowest BCUT2D eigenvalue weighted by Gasteiger charge is -2.30. The highest BCUT2D eigenvalue weighted by atomic mass is 14.3. The van der Waals surface area contributed by atoms with Crippen molar-refractivity contribution in [3.05, 3.63) is 0 Å². The summed E-state index contributed by atoms with van der Waals surface area (Å²) in [5, 5.41) is 0. The second kappa shape index (κ2) is 12.6. The van der Waals surface area contributed by atoms with Crippen LogP contribution in [0.1, 0.15) is 142 Å². The van der Waals surface area contributed by atoms with Crippen LogP contribution in [0, 0.1) is 35.5 Å². The summed E-state index contributed by atoms with van der Waals surface area (Å²) >= 11 is 0. The Kier molecular flexibility index (Phi) is 10.2. The van der Waals surface area contributed by atoms with Crippen LogP contribution >= 0.6 is 0 Å². The lowest BCUT2D eigenvalue weighted by Crippen LogP contribution is -2.16. The molecule has 0 unspecified atom stereocenters. The normalized spacial score (nSPS) is 40.5. The van der Waals surface area contributed by atoms with Gasteiger partial charge in [-0.3, -0.25) is 0 Å². The van der Waals surface area contributed by atoms with Gasteiger partial charge in [-0.2, -0.15) is 0 Å². The van der Waals surface area contributed by atoms with Crippen molar-refractivity contribution in [2.75, 3.05) is 0 Å². The van der Waals surface area contributed by atoms with Gasteiger partial charge in [0.05, 0.1) is 0 Å². The highest BCUT2D eigenvalue weighted by Crippen LogP contribution is 2.37. The van der Waals surface area contributed by atoms with Gasteiger partial charge in [0.2, 0.25) is 0 Å². The molecule has 6 fully saturated rings. The molecular formula is C28H52. The Hall–Kier alpha value is 0. The first kappa shape index (κ1) is 22.7. The van der Waals surface area contributed by atoms with Gasteiger partial charge < -0.3 is 0 Å². The van der Waals surface area contributed by atoms with E-state index in [4.69, 9.17) is 0 Å². The van der Waals surface area contributed by atoms with Gasteiger partial charge in [-0.25, -0.2) is 0 Å². The Bertz CT molecular complexity index is 309.